The summed E-state index contributed by atoms with van der Waals surface area (Å²) < 4.78 is 5.87. The van der Waals surface area contributed by atoms with Gasteiger partial charge in [-0.15, -0.1) is 0 Å². The molecule has 0 aliphatic heterocycles. The molecule has 0 aromatic heterocycles. The fourth-order valence-electron chi connectivity index (χ4n) is 2.64. The van der Waals surface area contributed by atoms with Crippen molar-refractivity contribution in [2.45, 2.75) is 38.9 Å². The molecule has 3 heteroatoms. The van der Waals surface area contributed by atoms with Gasteiger partial charge in [-0.05, 0) is 49.9 Å². The van der Waals surface area contributed by atoms with Gasteiger partial charge >= 0.3 is 7.48 Å². The van der Waals surface area contributed by atoms with Crippen molar-refractivity contribution in [1.82, 2.24) is 0 Å². The third-order valence-electron chi connectivity index (χ3n) is 5.17. The van der Waals surface area contributed by atoms with E-state index in [0.717, 1.165) is 16.6 Å². The highest BCUT2D eigenvalue weighted by Crippen LogP contribution is 2.26. The quantitative estimate of drug-likeness (QED) is 0.640. The van der Waals surface area contributed by atoms with Crippen LogP contribution in [0.3, 0.4) is 0 Å². The maximum absolute atomic E-state index is 10.2. The first-order valence-electron chi connectivity index (χ1n) is 9.26. The maximum atomic E-state index is 10.2. The normalized spacial score (nSPS) is 12.0. The summed E-state index contributed by atoms with van der Waals surface area (Å²) in [6, 6.07) is 27.2. The molecule has 0 spiro atoms. The molecule has 0 aliphatic carbocycles. The van der Waals surface area contributed by atoms with E-state index in [0.29, 0.717) is 0 Å². The standard InChI is InChI=1S/C24H26BO2/c1-23(2,26)24(3,4)27-25-22-12-8-11-21(17-22)20-15-13-19(14-16-20)18-9-6-5-7-10-18/h5-17,26H,1-4H3. The third kappa shape index (κ3) is 4.68. The molecule has 27 heavy (non-hydrogen) atoms. The lowest BCUT2D eigenvalue weighted by molar-refractivity contribution is -0.0893. The van der Waals surface area contributed by atoms with Crippen molar-refractivity contribution in [3.8, 4) is 22.3 Å². The highest BCUT2D eigenvalue weighted by atomic mass is 16.5. The molecule has 0 amide bonds. The Hall–Kier alpha value is -2.36. The van der Waals surface area contributed by atoms with Crippen molar-refractivity contribution in [3.63, 3.8) is 0 Å². The molecular formula is C24H26BO2. The summed E-state index contributed by atoms with van der Waals surface area (Å²) in [6.45, 7) is 7.28. The molecule has 1 radical (unpaired) electrons. The lowest BCUT2D eigenvalue weighted by atomic mass is 9.81. The average Bonchev–Trinajstić information content (AvgIpc) is 2.67. The number of hydrogen-bond acceptors (Lipinski definition) is 2. The van der Waals surface area contributed by atoms with E-state index in [1.807, 2.05) is 32.0 Å². The Morgan fingerprint density at radius 3 is 1.78 bits per heavy atom. The van der Waals surface area contributed by atoms with Crippen molar-refractivity contribution < 1.29 is 9.76 Å². The van der Waals surface area contributed by atoms with Gasteiger partial charge in [-0.25, -0.2) is 0 Å². The van der Waals surface area contributed by atoms with E-state index < -0.39 is 11.2 Å². The lowest BCUT2D eigenvalue weighted by Gasteiger charge is -2.37. The number of aliphatic hydroxyl groups is 1. The van der Waals surface area contributed by atoms with Crippen LogP contribution in [0.25, 0.3) is 22.3 Å². The van der Waals surface area contributed by atoms with E-state index in [4.69, 9.17) is 4.65 Å². The zero-order chi connectivity index (χ0) is 19.5. The molecule has 0 saturated carbocycles. The predicted molar refractivity (Wildman–Crippen MR) is 114 cm³/mol. The van der Waals surface area contributed by atoms with Crippen molar-refractivity contribution >= 4 is 12.9 Å². The first kappa shape index (κ1) is 19.4. The van der Waals surface area contributed by atoms with Crippen molar-refractivity contribution in [2.75, 3.05) is 0 Å². The van der Waals surface area contributed by atoms with Crippen LogP contribution in [0, 0.1) is 0 Å². The number of benzene rings is 3. The van der Waals surface area contributed by atoms with Crippen LogP contribution in [0.2, 0.25) is 0 Å². The summed E-state index contributed by atoms with van der Waals surface area (Å²) in [5.74, 6) is 0. The molecule has 2 nitrogen and oxygen atoms in total. The van der Waals surface area contributed by atoms with Crippen LogP contribution in [0.1, 0.15) is 27.7 Å². The minimum absolute atomic E-state index is 0.680. The molecule has 0 bridgehead atoms. The van der Waals surface area contributed by atoms with Gasteiger partial charge in [0.2, 0.25) is 0 Å². The molecule has 1 N–H and O–H groups in total. The van der Waals surface area contributed by atoms with E-state index >= 15 is 0 Å². The van der Waals surface area contributed by atoms with Crippen molar-refractivity contribution in [3.05, 3.63) is 78.9 Å². The topological polar surface area (TPSA) is 29.5 Å². The second-order valence-electron chi connectivity index (χ2n) is 7.87. The van der Waals surface area contributed by atoms with Gasteiger partial charge < -0.3 is 9.76 Å². The third-order valence-corrected chi connectivity index (χ3v) is 5.17. The van der Waals surface area contributed by atoms with Gasteiger partial charge in [-0.1, -0.05) is 84.3 Å². The van der Waals surface area contributed by atoms with Gasteiger partial charge in [0, 0.05) is 0 Å². The summed E-state index contributed by atoms with van der Waals surface area (Å²) >= 11 is 0. The summed E-state index contributed by atoms with van der Waals surface area (Å²) in [4.78, 5) is 0. The number of rotatable bonds is 6. The van der Waals surface area contributed by atoms with E-state index in [9.17, 15) is 5.11 Å². The summed E-state index contributed by atoms with van der Waals surface area (Å²) in [7, 11) is 1.72. The van der Waals surface area contributed by atoms with E-state index in [1.54, 1.807) is 21.3 Å². The van der Waals surface area contributed by atoms with Gasteiger partial charge in [-0.3, -0.25) is 0 Å². The highest BCUT2D eigenvalue weighted by Gasteiger charge is 2.35. The fourth-order valence-corrected chi connectivity index (χ4v) is 2.64. The van der Waals surface area contributed by atoms with E-state index in [2.05, 4.69) is 60.7 Å². The van der Waals surface area contributed by atoms with E-state index in [-0.39, 0.29) is 0 Å². The van der Waals surface area contributed by atoms with Gasteiger partial charge in [0.25, 0.3) is 0 Å². The van der Waals surface area contributed by atoms with Crippen LogP contribution in [-0.4, -0.2) is 23.8 Å². The molecule has 3 aromatic rings. The Labute approximate surface area is 163 Å². The van der Waals surface area contributed by atoms with Crippen LogP contribution in [0.5, 0.6) is 0 Å². The predicted octanol–water partition coefficient (Wildman–Crippen LogP) is 4.83. The Morgan fingerprint density at radius 1 is 0.667 bits per heavy atom. The molecule has 0 atom stereocenters. The Morgan fingerprint density at radius 2 is 1.19 bits per heavy atom. The lowest BCUT2D eigenvalue weighted by Crippen LogP contribution is -2.49. The van der Waals surface area contributed by atoms with Crippen molar-refractivity contribution in [2.24, 2.45) is 0 Å². The molecule has 0 aliphatic rings. The van der Waals surface area contributed by atoms with Gasteiger partial charge in [-0.2, -0.15) is 0 Å². The summed E-state index contributed by atoms with van der Waals surface area (Å²) in [5, 5.41) is 10.2. The van der Waals surface area contributed by atoms with Crippen molar-refractivity contribution in [1.29, 1.82) is 0 Å². The first-order valence-corrected chi connectivity index (χ1v) is 9.26. The molecule has 137 valence electrons. The minimum atomic E-state index is -0.936. The molecule has 0 saturated heterocycles. The van der Waals surface area contributed by atoms with Crippen LogP contribution in [0.15, 0.2) is 78.9 Å². The van der Waals surface area contributed by atoms with Gasteiger partial charge in [0.15, 0.2) is 0 Å². The zero-order valence-corrected chi connectivity index (χ0v) is 16.4. The first-order chi connectivity index (χ1) is 12.8. The second kappa shape index (κ2) is 7.71. The average molecular weight is 357 g/mol. The summed E-state index contributed by atoms with van der Waals surface area (Å²) in [5.41, 5.74) is 4.07. The fraction of sp³-hybridized carbons (Fsp3) is 0.250. The summed E-state index contributed by atoms with van der Waals surface area (Å²) in [6.07, 6.45) is 0. The second-order valence-corrected chi connectivity index (χ2v) is 7.87. The molecule has 0 fully saturated rings. The largest absolute Gasteiger partial charge is 0.427 e. The SMILES string of the molecule is CC(C)(O)C(C)(C)O[B]c1cccc(-c2ccc(-c3ccccc3)cc2)c1. The Balaban J connectivity index is 1.76. The van der Waals surface area contributed by atoms with Gasteiger partial charge in [0.1, 0.15) is 0 Å². The van der Waals surface area contributed by atoms with Crippen LogP contribution in [0.4, 0.5) is 0 Å². The molecule has 0 heterocycles. The van der Waals surface area contributed by atoms with Crippen LogP contribution >= 0.6 is 0 Å². The van der Waals surface area contributed by atoms with Crippen LogP contribution < -0.4 is 5.46 Å². The number of hydrogen-bond donors (Lipinski definition) is 1. The maximum Gasteiger partial charge on any atom is 0.330 e. The Kier molecular flexibility index (Phi) is 5.55. The molecular weight excluding hydrogens is 331 g/mol. The molecule has 3 aromatic carbocycles. The monoisotopic (exact) mass is 357 g/mol. The minimum Gasteiger partial charge on any atom is -0.427 e. The van der Waals surface area contributed by atoms with Crippen LogP contribution in [-0.2, 0) is 4.65 Å². The van der Waals surface area contributed by atoms with Gasteiger partial charge in [0.05, 0.1) is 11.2 Å². The zero-order valence-electron chi connectivity index (χ0n) is 16.4. The highest BCUT2D eigenvalue weighted by molar-refractivity contribution is 6.47. The smallest absolute Gasteiger partial charge is 0.330 e. The Bertz CT molecular complexity index is 878. The molecule has 3 rings (SSSR count). The molecule has 0 unspecified atom stereocenters. The van der Waals surface area contributed by atoms with E-state index in [1.165, 1.54) is 11.1 Å².